The Labute approximate surface area is 149 Å². The van der Waals surface area contributed by atoms with Gasteiger partial charge in [0.05, 0.1) is 0 Å². The number of nitrogens with one attached hydrogen (secondary N) is 3. The van der Waals surface area contributed by atoms with E-state index in [0.29, 0.717) is 30.9 Å². The van der Waals surface area contributed by atoms with E-state index in [-0.39, 0.29) is 24.3 Å². The fourth-order valence-electron chi connectivity index (χ4n) is 1.98. The molecule has 5 N–H and O–H groups in total. The van der Waals surface area contributed by atoms with Gasteiger partial charge in [-0.25, -0.2) is 4.79 Å². The molecule has 1 aromatic rings. The number of carbonyl (C=O) groups is 2. The molecule has 0 bridgehead atoms. The van der Waals surface area contributed by atoms with E-state index in [1.54, 1.807) is 30.3 Å². The van der Waals surface area contributed by atoms with Crippen LogP contribution in [-0.4, -0.2) is 25.0 Å². The smallest absolute Gasteiger partial charge is 0.319 e. The third-order valence-corrected chi connectivity index (χ3v) is 3.19. The first-order chi connectivity index (χ1) is 11.2. The Kier molecular flexibility index (Phi) is 12.3. The van der Waals surface area contributed by atoms with Crippen molar-refractivity contribution in [2.75, 3.05) is 23.7 Å². The Morgan fingerprint density at radius 3 is 2.17 bits per heavy atom. The number of nitrogens with two attached hydrogens (primary N) is 1. The van der Waals surface area contributed by atoms with E-state index in [0.717, 1.165) is 25.7 Å². The summed E-state index contributed by atoms with van der Waals surface area (Å²) in [7, 11) is 0. The SMILES string of the molecule is C=CCNC(=O)Nc1ccc(NC(=O)CCCCCCN)cc1.Cl. The number of amides is 3. The molecule has 0 saturated carbocycles. The van der Waals surface area contributed by atoms with Crippen LogP contribution in [0.5, 0.6) is 0 Å². The van der Waals surface area contributed by atoms with Crippen LogP contribution in [0, 0.1) is 0 Å². The Balaban J connectivity index is 0.00000529. The van der Waals surface area contributed by atoms with Crippen molar-refractivity contribution < 1.29 is 9.59 Å². The number of halogens is 1. The summed E-state index contributed by atoms with van der Waals surface area (Å²) in [5.74, 6) is 0.00202. The van der Waals surface area contributed by atoms with Gasteiger partial charge in [0.2, 0.25) is 5.91 Å². The Hall–Kier alpha value is -2.05. The molecular weight excluding hydrogens is 328 g/mol. The Bertz CT molecular complexity index is 506. The number of urea groups is 1. The lowest BCUT2D eigenvalue weighted by Gasteiger charge is -2.08. The summed E-state index contributed by atoms with van der Waals surface area (Å²) < 4.78 is 0. The number of hydrogen-bond donors (Lipinski definition) is 4. The summed E-state index contributed by atoms with van der Waals surface area (Å²) in [5.41, 5.74) is 6.80. The van der Waals surface area contributed by atoms with Crippen LogP contribution in [0.3, 0.4) is 0 Å². The van der Waals surface area contributed by atoms with Gasteiger partial charge >= 0.3 is 6.03 Å². The van der Waals surface area contributed by atoms with Gasteiger partial charge in [-0.1, -0.05) is 18.9 Å². The number of carbonyl (C=O) groups excluding carboxylic acids is 2. The van der Waals surface area contributed by atoms with Gasteiger partial charge in [-0.15, -0.1) is 19.0 Å². The average Bonchev–Trinajstić information content (AvgIpc) is 2.54. The van der Waals surface area contributed by atoms with Crippen LogP contribution in [0.25, 0.3) is 0 Å². The highest BCUT2D eigenvalue weighted by molar-refractivity contribution is 5.92. The zero-order valence-electron chi connectivity index (χ0n) is 13.8. The van der Waals surface area contributed by atoms with Crippen LogP contribution in [0.15, 0.2) is 36.9 Å². The second-order valence-electron chi connectivity index (χ2n) is 5.20. The first kappa shape index (κ1) is 21.9. The minimum atomic E-state index is -0.292. The normalized spacial score (nSPS) is 9.54. The molecule has 0 fully saturated rings. The van der Waals surface area contributed by atoms with E-state index in [4.69, 9.17) is 5.73 Å². The summed E-state index contributed by atoms with van der Waals surface area (Å²) in [4.78, 5) is 23.3. The van der Waals surface area contributed by atoms with E-state index in [1.807, 2.05) is 0 Å². The minimum absolute atomic E-state index is 0. The van der Waals surface area contributed by atoms with Crippen molar-refractivity contribution in [2.24, 2.45) is 5.73 Å². The fourth-order valence-corrected chi connectivity index (χ4v) is 1.98. The molecule has 0 radical (unpaired) electrons. The molecule has 0 atom stereocenters. The number of hydrogen-bond acceptors (Lipinski definition) is 3. The number of rotatable bonds is 10. The van der Waals surface area contributed by atoms with E-state index in [1.165, 1.54) is 0 Å². The largest absolute Gasteiger partial charge is 0.334 e. The second kappa shape index (κ2) is 13.4. The molecule has 0 spiro atoms. The van der Waals surface area contributed by atoms with Gasteiger partial charge in [-0.2, -0.15) is 0 Å². The average molecular weight is 355 g/mol. The summed E-state index contributed by atoms with van der Waals surface area (Å²) >= 11 is 0. The number of anilines is 2. The monoisotopic (exact) mass is 354 g/mol. The predicted octanol–water partition coefficient (Wildman–Crippen LogP) is 3.26. The molecule has 6 nitrogen and oxygen atoms in total. The van der Waals surface area contributed by atoms with Crippen LogP contribution < -0.4 is 21.7 Å². The lowest BCUT2D eigenvalue weighted by Crippen LogP contribution is -2.28. The maximum atomic E-state index is 11.8. The van der Waals surface area contributed by atoms with Crippen LogP contribution >= 0.6 is 12.4 Å². The lowest BCUT2D eigenvalue weighted by atomic mass is 10.1. The van der Waals surface area contributed by atoms with Gasteiger partial charge in [0.25, 0.3) is 0 Å². The first-order valence-corrected chi connectivity index (χ1v) is 7.91. The summed E-state index contributed by atoms with van der Waals surface area (Å²) in [6, 6.07) is 6.71. The van der Waals surface area contributed by atoms with Crippen molar-refractivity contribution in [3.63, 3.8) is 0 Å². The molecule has 0 aliphatic heterocycles. The topological polar surface area (TPSA) is 96.2 Å². The molecule has 7 heteroatoms. The molecule has 0 heterocycles. The molecule has 1 aromatic carbocycles. The van der Waals surface area contributed by atoms with Crippen LogP contribution in [0.2, 0.25) is 0 Å². The molecule has 0 unspecified atom stereocenters. The lowest BCUT2D eigenvalue weighted by molar-refractivity contribution is -0.116. The summed E-state index contributed by atoms with van der Waals surface area (Å²) in [6.07, 6.45) is 6.08. The molecule has 0 aliphatic rings. The van der Waals surface area contributed by atoms with Gasteiger partial charge in [-0.3, -0.25) is 4.79 Å². The maximum Gasteiger partial charge on any atom is 0.319 e. The molecule has 24 heavy (non-hydrogen) atoms. The van der Waals surface area contributed by atoms with Gasteiger partial charge in [-0.05, 0) is 43.7 Å². The molecule has 1 rings (SSSR count). The van der Waals surface area contributed by atoms with Crippen molar-refractivity contribution in [3.05, 3.63) is 36.9 Å². The Morgan fingerprint density at radius 2 is 1.58 bits per heavy atom. The maximum absolute atomic E-state index is 11.8. The molecule has 134 valence electrons. The van der Waals surface area contributed by atoms with E-state index in [2.05, 4.69) is 22.5 Å². The molecule has 0 saturated heterocycles. The highest BCUT2D eigenvalue weighted by Gasteiger charge is 2.03. The number of unbranched alkanes of at least 4 members (excludes halogenated alkanes) is 3. The molecule has 3 amide bonds. The highest BCUT2D eigenvalue weighted by Crippen LogP contribution is 2.14. The van der Waals surface area contributed by atoms with E-state index >= 15 is 0 Å². The third-order valence-electron chi connectivity index (χ3n) is 3.19. The van der Waals surface area contributed by atoms with Crippen molar-refractivity contribution in [1.82, 2.24) is 5.32 Å². The van der Waals surface area contributed by atoms with Crippen molar-refractivity contribution in [2.45, 2.75) is 32.1 Å². The fraction of sp³-hybridized carbons (Fsp3) is 0.412. The van der Waals surface area contributed by atoms with Gasteiger partial charge < -0.3 is 21.7 Å². The van der Waals surface area contributed by atoms with Crippen molar-refractivity contribution in [3.8, 4) is 0 Å². The first-order valence-electron chi connectivity index (χ1n) is 7.91. The zero-order valence-corrected chi connectivity index (χ0v) is 14.7. The van der Waals surface area contributed by atoms with Crippen molar-refractivity contribution in [1.29, 1.82) is 0 Å². The third kappa shape index (κ3) is 9.86. The zero-order chi connectivity index (χ0) is 16.9. The van der Waals surface area contributed by atoms with Gasteiger partial charge in [0.15, 0.2) is 0 Å². The standard InChI is InChI=1S/C17H26N4O2.ClH/c1-2-13-19-17(23)21-15-10-8-14(9-11-15)20-16(22)7-5-3-4-6-12-18;/h2,8-11H,1,3-7,12-13,18H2,(H,20,22)(H2,19,21,23);1H. The summed E-state index contributed by atoms with van der Waals surface area (Å²) in [5, 5.41) is 8.15. The molecular formula is C17H27ClN4O2. The van der Waals surface area contributed by atoms with Crippen molar-refractivity contribution >= 4 is 35.7 Å². The molecule has 0 aliphatic carbocycles. The molecule has 0 aromatic heterocycles. The minimum Gasteiger partial charge on any atom is -0.334 e. The van der Waals surface area contributed by atoms with Crippen LogP contribution in [-0.2, 0) is 4.79 Å². The van der Waals surface area contributed by atoms with Gasteiger partial charge in [0, 0.05) is 24.3 Å². The number of benzene rings is 1. The Morgan fingerprint density at radius 1 is 1.00 bits per heavy atom. The van der Waals surface area contributed by atoms with E-state index in [9.17, 15) is 9.59 Å². The predicted molar refractivity (Wildman–Crippen MR) is 102 cm³/mol. The van der Waals surface area contributed by atoms with E-state index < -0.39 is 0 Å². The van der Waals surface area contributed by atoms with Crippen LogP contribution in [0.1, 0.15) is 32.1 Å². The second-order valence-corrected chi connectivity index (χ2v) is 5.20. The van der Waals surface area contributed by atoms with Crippen LogP contribution in [0.4, 0.5) is 16.2 Å². The summed E-state index contributed by atoms with van der Waals surface area (Å²) in [6.45, 7) is 4.64. The quantitative estimate of drug-likeness (QED) is 0.383. The van der Waals surface area contributed by atoms with Gasteiger partial charge in [0.1, 0.15) is 0 Å². The highest BCUT2D eigenvalue weighted by atomic mass is 35.5.